The number of ether oxygens (including phenoxy) is 3. The first-order chi connectivity index (χ1) is 11.5. The molecule has 0 amide bonds. The van der Waals surface area contributed by atoms with Crippen LogP contribution in [0.2, 0.25) is 0 Å². The lowest BCUT2D eigenvalue weighted by atomic mass is 9.73. The maximum Gasteiger partial charge on any atom is 0.338 e. The molecule has 4 rings (SSSR count). The summed E-state index contributed by atoms with van der Waals surface area (Å²) >= 11 is 0. The topological polar surface area (TPSA) is 68.2 Å². The zero-order valence-electron chi connectivity index (χ0n) is 14.0. The van der Waals surface area contributed by atoms with Crippen LogP contribution in [0.1, 0.15) is 28.3 Å². The molecule has 1 N–H and O–H groups in total. The van der Waals surface area contributed by atoms with Crippen molar-refractivity contribution >= 4 is 5.97 Å². The number of aromatic hydroxyl groups is 1. The van der Waals surface area contributed by atoms with Crippen molar-refractivity contribution in [1.82, 2.24) is 4.90 Å². The monoisotopic (exact) mass is 331 g/mol. The van der Waals surface area contributed by atoms with Gasteiger partial charge in [-0.05, 0) is 31.2 Å². The highest BCUT2D eigenvalue weighted by Gasteiger charge is 2.50. The van der Waals surface area contributed by atoms with Gasteiger partial charge in [-0.2, -0.15) is 0 Å². The molecule has 0 saturated carbocycles. The van der Waals surface area contributed by atoms with Crippen molar-refractivity contribution in [2.24, 2.45) is 0 Å². The lowest BCUT2D eigenvalue weighted by Gasteiger charge is -2.44. The van der Waals surface area contributed by atoms with Crippen LogP contribution in [0, 0.1) is 0 Å². The molecule has 0 bridgehead atoms. The normalized spacial score (nSPS) is 31.6. The molecule has 0 radical (unpaired) electrons. The summed E-state index contributed by atoms with van der Waals surface area (Å²) in [5.74, 6) is -0.150. The van der Waals surface area contributed by atoms with E-state index in [-0.39, 0.29) is 29.9 Å². The zero-order chi connectivity index (χ0) is 17.0. The first-order valence-electron chi connectivity index (χ1n) is 8.10. The number of carbonyl (C=O) groups excluding carboxylic acids is 1. The Balaban J connectivity index is 1.90. The Labute approximate surface area is 140 Å². The van der Waals surface area contributed by atoms with Gasteiger partial charge in [0.2, 0.25) is 0 Å². The predicted octanol–water partition coefficient (Wildman–Crippen LogP) is 1.68. The highest BCUT2D eigenvalue weighted by Crippen LogP contribution is 2.48. The van der Waals surface area contributed by atoms with E-state index >= 15 is 0 Å². The van der Waals surface area contributed by atoms with Crippen molar-refractivity contribution in [3.05, 3.63) is 34.9 Å². The number of benzene rings is 1. The molecule has 24 heavy (non-hydrogen) atoms. The van der Waals surface area contributed by atoms with Gasteiger partial charge in [-0.3, -0.25) is 4.90 Å². The SMILES string of the molecule is COc1cc2c(cc1O)C(=O)OC1C(OC)C=C3CCN(C)C3C21. The number of rotatable bonds is 2. The van der Waals surface area contributed by atoms with Crippen molar-refractivity contribution in [3.63, 3.8) is 0 Å². The fourth-order valence-corrected chi connectivity index (χ4v) is 4.33. The third-order valence-corrected chi connectivity index (χ3v) is 5.45. The number of carbonyl (C=O) groups is 1. The molecule has 128 valence electrons. The van der Waals surface area contributed by atoms with Crippen LogP contribution >= 0.6 is 0 Å². The minimum absolute atomic E-state index is 0.0374. The zero-order valence-corrected chi connectivity index (χ0v) is 14.0. The van der Waals surface area contributed by atoms with Crippen LogP contribution in [0.15, 0.2) is 23.8 Å². The van der Waals surface area contributed by atoms with Crippen LogP contribution in [0.4, 0.5) is 0 Å². The van der Waals surface area contributed by atoms with Crippen LogP contribution in [-0.2, 0) is 9.47 Å². The van der Waals surface area contributed by atoms with Gasteiger partial charge < -0.3 is 19.3 Å². The second-order valence-electron chi connectivity index (χ2n) is 6.62. The first-order valence-corrected chi connectivity index (χ1v) is 8.10. The van der Waals surface area contributed by atoms with E-state index in [2.05, 4.69) is 18.0 Å². The quantitative estimate of drug-likeness (QED) is 0.657. The molecule has 4 atom stereocenters. The number of fused-ring (bicyclic) bond motifs is 5. The van der Waals surface area contributed by atoms with Gasteiger partial charge in [0.05, 0.1) is 12.7 Å². The van der Waals surface area contributed by atoms with E-state index < -0.39 is 5.97 Å². The molecule has 1 aliphatic carbocycles. The summed E-state index contributed by atoms with van der Waals surface area (Å²) in [6.07, 6.45) is 2.46. The minimum atomic E-state index is -0.427. The van der Waals surface area contributed by atoms with Crippen molar-refractivity contribution in [2.75, 3.05) is 27.8 Å². The van der Waals surface area contributed by atoms with E-state index in [9.17, 15) is 9.90 Å². The lowest BCUT2D eigenvalue weighted by Crippen LogP contribution is -2.51. The summed E-state index contributed by atoms with van der Waals surface area (Å²) in [6, 6.07) is 3.38. The summed E-state index contributed by atoms with van der Waals surface area (Å²) in [6.45, 7) is 0.967. The van der Waals surface area contributed by atoms with E-state index in [1.807, 2.05) is 0 Å². The Kier molecular flexibility index (Phi) is 3.54. The number of esters is 1. The second-order valence-corrected chi connectivity index (χ2v) is 6.62. The highest BCUT2D eigenvalue weighted by molar-refractivity contribution is 5.94. The minimum Gasteiger partial charge on any atom is -0.504 e. The van der Waals surface area contributed by atoms with E-state index in [0.29, 0.717) is 11.3 Å². The Bertz CT molecular complexity index is 728. The Morgan fingerprint density at radius 1 is 1.33 bits per heavy atom. The van der Waals surface area contributed by atoms with Crippen LogP contribution in [0.25, 0.3) is 0 Å². The van der Waals surface area contributed by atoms with Gasteiger partial charge in [0.1, 0.15) is 12.2 Å². The van der Waals surface area contributed by atoms with Gasteiger partial charge in [-0.15, -0.1) is 0 Å². The average molecular weight is 331 g/mol. The smallest absolute Gasteiger partial charge is 0.338 e. The van der Waals surface area contributed by atoms with Crippen molar-refractivity contribution in [1.29, 1.82) is 0 Å². The van der Waals surface area contributed by atoms with Gasteiger partial charge in [0.25, 0.3) is 0 Å². The number of likely N-dealkylation sites (tertiary alicyclic amines) is 1. The number of hydrogen-bond donors (Lipinski definition) is 1. The average Bonchev–Trinajstić information content (AvgIpc) is 2.94. The molecular formula is C18H21NO5. The van der Waals surface area contributed by atoms with E-state index in [4.69, 9.17) is 14.2 Å². The van der Waals surface area contributed by atoms with Gasteiger partial charge >= 0.3 is 5.97 Å². The Morgan fingerprint density at radius 2 is 2.12 bits per heavy atom. The summed E-state index contributed by atoms with van der Waals surface area (Å²) in [4.78, 5) is 14.8. The van der Waals surface area contributed by atoms with Gasteiger partial charge in [-0.1, -0.05) is 11.6 Å². The summed E-state index contributed by atoms with van der Waals surface area (Å²) in [7, 11) is 5.23. The number of phenols is 1. The molecule has 1 aromatic carbocycles. The number of phenolic OH excluding ortho intramolecular Hbond substituents is 1. The Hall–Kier alpha value is -2.05. The lowest BCUT2D eigenvalue weighted by molar-refractivity contribution is -0.0468. The van der Waals surface area contributed by atoms with E-state index in [1.54, 1.807) is 13.2 Å². The van der Waals surface area contributed by atoms with Crippen molar-refractivity contribution in [2.45, 2.75) is 30.6 Å². The van der Waals surface area contributed by atoms with Crippen LogP contribution in [-0.4, -0.2) is 62.0 Å². The molecule has 0 aromatic heterocycles. The van der Waals surface area contributed by atoms with E-state index in [1.165, 1.54) is 18.7 Å². The van der Waals surface area contributed by atoms with Crippen molar-refractivity contribution in [3.8, 4) is 11.5 Å². The number of hydrogen-bond acceptors (Lipinski definition) is 6. The largest absolute Gasteiger partial charge is 0.504 e. The van der Waals surface area contributed by atoms with Crippen LogP contribution in [0.5, 0.6) is 11.5 Å². The summed E-state index contributed by atoms with van der Waals surface area (Å²) in [5, 5.41) is 10.0. The molecule has 0 spiro atoms. The first kappa shape index (κ1) is 15.5. The van der Waals surface area contributed by atoms with Crippen LogP contribution < -0.4 is 4.74 Å². The van der Waals surface area contributed by atoms with Gasteiger partial charge in [-0.25, -0.2) is 4.79 Å². The molecule has 2 heterocycles. The standard InChI is InChI=1S/C18H21NO5/c1-19-5-4-9-6-14(23-3)17-15(16(9)19)10-8-13(22-2)12(20)7-11(10)18(21)24-17/h6-8,14-17,20H,4-5H2,1-3H3. The Morgan fingerprint density at radius 3 is 2.83 bits per heavy atom. The number of nitrogens with zero attached hydrogens (tertiary/aromatic N) is 1. The molecule has 4 unspecified atom stereocenters. The maximum atomic E-state index is 12.5. The predicted molar refractivity (Wildman–Crippen MR) is 86.5 cm³/mol. The maximum absolute atomic E-state index is 12.5. The number of methoxy groups -OCH3 is 2. The van der Waals surface area contributed by atoms with Gasteiger partial charge in [0.15, 0.2) is 11.5 Å². The third-order valence-electron chi connectivity index (χ3n) is 5.45. The molecule has 6 nitrogen and oxygen atoms in total. The molecule has 1 saturated heterocycles. The summed E-state index contributed by atoms with van der Waals surface area (Å²) < 4.78 is 16.6. The molecule has 1 fully saturated rings. The molecular weight excluding hydrogens is 310 g/mol. The third kappa shape index (κ3) is 2.06. The van der Waals surface area contributed by atoms with E-state index in [0.717, 1.165) is 18.5 Å². The van der Waals surface area contributed by atoms with Crippen LogP contribution in [0.3, 0.4) is 0 Å². The fourth-order valence-electron chi connectivity index (χ4n) is 4.33. The molecule has 1 aromatic rings. The van der Waals surface area contributed by atoms with Crippen molar-refractivity contribution < 1.29 is 24.1 Å². The van der Waals surface area contributed by atoms with Gasteiger partial charge in [0, 0.05) is 25.6 Å². The molecule has 2 aliphatic heterocycles. The molecule has 6 heteroatoms. The highest BCUT2D eigenvalue weighted by atomic mass is 16.6. The summed E-state index contributed by atoms with van der Waals surface area (Å²) in [5.41, 5.74) is 2.59. The fraction of sp³-hybridized carbons (Fsp3) is 0.500. The number of likely N-dealkylation sites (N-methyl/N-ethyl adjacent to an activating group) is 1. The molecule has 3 aliphatic rings. The second kappa shape index (κ2) is 5.50.